The SMILES string of the molecule is Nc1ccc(Br)cc1-c1nncn1C1CCCCC1. The van der Waals surface area contributed by atoms with Gasteiger partial charge < -0.3 is 10.3 Å². The molecule has 1 aliphatic rings. The molecule has 0 atom stereocenters. The summed E-state index contributed by atoms with van der Waals surface area (Å²) < 4.78 is 3.20. The van der Waals surface area contributed by atoms with Gasteiger partial charge in [-0.2, -0.15) is 0 Å². The fourth-order valence-corrected chi connectivity index (χ4v) is 3.15. The molecule has 1 saturated carbocycles. The zero-order chi connectivity index (χ0) is 13.2. The number of rotatable bonds is 2. The molecule has 100 valence electrons. The smallest absolute Gasteiger partial charge is 0.166 e. The molecule has 1 heterocycles. The van der Waals surface area contributed by atoms with E-state index in [9.17, 15) is 0 Å². The molecule has 3 rings (SSSR count). The summed E-state index contributed by atoms with van der Waals surface area (Å²) in [6, 6.07) is 6.37. The van der Waals surface area contributed by atoms with Crippen molar-refractivity contribution in [3.63, 3.8) is 0 Å². The highest BCUT2D eigenvalue weighted by Gasteiger charge is 2.20. The van der Waals surface area contributed by atoms with Crippen LogP contribution in [0.2, 0.25) is 0 Å². The Balaban J connectivity index is 2.01. The van der Waals surface area contributed by atoms with Crippen LogP contribution in [0.1, 0.15) is 38.1 Å². The standard InChI is InChI=1S/C14H17BrN4/c15-10-6-7-13(16)12(8-10)14-18-17-9-19(14)11-4-2-1-3-5-11/h6-9,11H,1-5,16H2. The van der Waals surface area contributed by atoms with E-state index in [0.717, 1.165) is 21.5 Å². The predicted molar refractivity (Wildman–Crippen MR) is 79.7 cm³/mol. The van der Waals surface area contributed by atoms with Crippen molar-refractivity contribution in [3.05, 3.63) is 29.0 Å². The van der Waals surface area contributed by atoms with Gasteiger partial charge in [-0.25, -0.2) is 0 Å². The highest BCUT2D eigenvalue weighted by Crippen LogP contribution is 2.34. The van der Waals surface area contributed by atoms with E-state index in [-0.39, 0.29) is 0 Å². The van der Waals surface area contributed by atoms with Crippen molar-refractivity contribution in [1.82, 2.24) is 14.8 Å². The van der Waals surface area contributed by atoms with Crippen LogP contribution in [-0.4, -0.2) is 14.8 Å². The van der Waals surface area contributed by atoms with Gasteiger partial charge >= 0.3 is 0 Å². The van der Waals surface area contributed by atoms with Gasteiger partial charge in [0, 0.05) is 21.8 Å². The molecule has 0 saturated heterocycles. The molecule has 2 N–H and O–H groups in total. The third-order valence-corrected chi connectivity index (χ3v) is 4.29. The fraction of sp³-hybridized carbons (Fsp3) is 0.429. The number of nitrogen functional groups attached to an aromatic ring is 1. The third kappa shape index (κ3) is 2.52. The maximum atomic E-state index is 6.08. The Morgan fingerprint density at radius 1 is 1.21 bits per heavy atom. The first kappa shape index (κ1) is 12.7. The number of nitrogens with two attached hydrogens (primary N) is 1. The third-order valence-electron chi connectivity index (χ3n) is 3.80. The molecule has 4 nitrogen and oxygen atoms in total. The Morgan fingerprint density at radius 2 is 2.00 bits per heavy atom. The molecule has 0 amide bonds. The molecule has 5 heteroatoms. The van der Waals surface area contributed by atoms with E-state index in [0.29, 0.717) is 6.04 Å². The summed E-state index contributed by atoms with van der Waals surface area (Å²) in [5.74, 6) is 0.880. The molecule has 0 bridgehead atoms. The Morgan fingerprint density at radius 3 is 2.79 bits per heavy atom. The van der Waals surface area contributed by atoms with Crippen LogP contribution < -0.4 is 5.73 Å². The van der Waals surface area contributed by atoms with Gasteiger partial charge in [-0.15, -0.1) is 10.2 Å². The normalized spacial score (nSPS) is 16.7. The largest absolute Gasteiger partial charge is 0.398 e. The van der Waals surface area contributed by atoms with Crippen LogP contribution >= 0.6 is 15.9 Å². The second-order valence-electron chi connectivity index (χ2n) is 5.09. The lowest BCUT2D eigenvalue weighted by molar-refractivity contribution is 0.355. The quantitative estimate of drug-likeness (QED) is 0.856. The van der Waals surface area contributed by atoms with Crippen molar-refractivity contribution in [3.8, 4) is 11.4 Å². The van der Waals surface area contributed by atoms with Crippen LogP contribution in [0, 0.1) is 0 Å². The van der Waals surface area contributed by atoms with Gasteiger partial charge in [0.2, 0.25) is 0 Å². The average molecular weight is 321 g/mol. The van der Waals surface area contributed by atoms with Crippen molar-refractivity contribution >= 4 is 21.6 Å². The zero-order valence-electron chi connectivity index (χ0n) is 10.7. The number of anilines is 1. The number of hydrogen-bond acceptors (Lipinski definition) is 3. The van der Waals surface area contributed by atoms with E-state index in [1.54, 1.807) is 0 Å². The molecular formula is C14H17BrN4. The number of hydrogen-bond donors (Lipinski definition) is 1. The number of aromatic nitrogens is 3. The Bertz CT molecular complexity index is 573. The number of halogens is 1. The van der Waals surface area contributed by atoms with Crippen molar-refractivity contribution in [2.75, 3.05) is 5.73 Å². The summed E-state index contributed by atoms with van der Waals surface area (Å²) in [6.45, 7) is 0. The van der Waals surface area contributed by atoms with E-state index < -0.39 is 0 Å². The average Bonchev–Trinajstić information content (AvgIpc) is 2.91. The molecular weight excluding hydrogens is 304 g/mol. The minimum atomic E-state index is 0.511. The highest BCUT2D eigenvalue weighted by molar-refractivity contribution is 9.10. The highest BCUT2D eigenvalue weighted by atomic mass is 79.9. The number of benzene rings is 1. The second kappa shape index (κ2) is 5.33. The fourth-order valence-electron chi connectivity index (χ4n) is 2.78. The van der Waals surface area contributed by atoms with Crippen molar-refractivity contribution in [1.29, 1.82) is 0 Å². The van der Waals surface area contributed by atoms with Gasteiger partial charge in [0.15, 0.2) is 5.82 Å². The van der Waals surface area contributed by atoms with Crippen LogP contribution in [0.3, 0.4) is 0 Å². The van der Waals surface area contributed by atoms with Crippen LogP contribution in [0.25, 0.3) is 11.4 Å². The lowest BCUT2D eigenvalue weighted by Crippen LogP contribution is -2.13. The Labute approximate surface area is 121 Å². The van der Waals surface area contributed by atoms with E-state index in [2.05, 4.69) is 30.7 Å². The van der Waals surface area contributed by atoms with Crippen LogP contribution in [0.15, 0.2) is 29.0 Å². The maximum Gasteiger partial charge on any atom is 0.166 e. The van der Waals surface area contributed by atoms with Crippen molar-refractivity contribution in [2.24, 2.45) is 0 Å². The molecule has 0 aliphatic heterocycles. The maximum absolute atomic E-state index is 6.08. The van der Waals surface area contributed by atoms with Gasteiger partial charge in [-0.05, 0) is 31.0 Å². The summed E-state index contributed by atoms with van der Waals surface area (Å²) in [5, 5.41) is 8.36. The molecule has 0 spiro atoms. The van der Waals surface area contributed by atoms with Gasteiger partial charge in [-0.1, -0.05) is 35.2 Å². The lowest BCUT2D eigenvalue weighted by Gasteiger charge is -2.24. The molecule has 0 radical (unpaired) electrons. The van der Waals surface area contributed by atoms with Gasteiger partial charge in [0.05, 0.1) is 0 Å². The Kier molecular flexibility index (Phi) is 3.55. The topological polar surface area (TPSA) is 56.7 Å². The first-order valence-electron chi connectivity index (χ1n) is 6.70. The van der Waals surface area contributed by atoms with E-state index in [1.807, 2.05) is 24.5 Å². The van der Waals surface area contributed by atoms with E-state index >= 15 is 0 Å². The second-order valence-corrected chi connectivity index (χ2v) is 6.00. The molecule has 1 aromatic heterocycles. The van der Waals surface area contributed by atoms with Gasteiger partial charge in [-0.3, -0.25) is 0 Å². The number of nitrogens with zero attached hydrogens (tertiary/aromatic N) is 3. The first-order valence-corrected chi connectivity index (χ1v) is 7.50. The van der Waals surface area contributed by atoms with Crippen LogP contribution in [0.4, 0.5) is 5.69 Å². The van der Waals surface area contributed by atoms with Crippen molar-refractivity contribution in [2.45, 2.75) is 38.1 Å². The summed E-state index contributed by atoms with van der Waals surface area (Å²) in [5.41, 5.74) is 7.78. The molecule has 1 aromatic carbocycles. The van der Waals surface area contributed by atoms with Crippen LogP contribution in [0.5, 0.6) is 0 Å². The van der Waals surface area contributed by atoms with Crippen molar-refractivity contribution < 1.29 is 0 Å². The molecule has 1 aliphatic carbocycles. The van der Waals surface area contributed by atoms with E-state index in [4.69, 9.17) is 5.73 Å². The minimum absolute atomic E-state index is 0.511. The van der Waals surface area contributed by atoms with Gasteiger partial charge in [0.25, 0.3) is 0 Å². The lowest BCUT2D eigenvalue weighted by atomic mass is 9.95. The van der Waals surface area contributed by atoms with Gasteiger partial charge in [0.1, 0.15) is 6.33 Å². The zero-order valence-corrected chi connectivity index (χ0v) is 12.3. The molecule has 2 aromatic rings. The van der Waals surface area contributed by atoms with Crippen LogP contribution in [-0.2, 0) is 0 Å². The summed E-state index contributed by atoms with van der Waals surface area (Å²) in [7, 11) is 0. The molecule has 1 fully saturated rings. The summed E-state index contributed by atoms with van der Waals surface area (Å²) in [4.78, 5) is 0. The Hall–Kier alpha value is -1.36. The van der Waals surface area contributed by atoms with E-state index in [1.165, 1.54) is 32.1 Å². The summed E-state index contributed by atoms with van der Waals surface area (Å²) >= 11 is 3.49. The summed E-state index contributed by atoms with van der Waals surface area (Å²) in [6.07, 6.45) is 8.17. The monoisotopic (exact) mass is 320 g/mol. The molecule has 19 heavy (non-hydrogen) atoms. The minimum Gasteiger partial charge on any atom is -0.398 e. The molecule has 0 unspecified atom stereocenters. The predicted octanol–water partition coefficient (Wildman–Crippen LogP) is 3.80. The first-order chi connectivity index (χ1) is 9.25.